The van der Waals surface area contributed by atoms with Gasteiger partial charge in [-0.05, 0) is 61.7 Å². The first-order valence-electron chi connectivity index (χ1n) is 8.80. The van der Waals surface area contributed by atoms with E-state index >= 15 is 0 Å². The minimum absolute atomic E-state index is 0.442. The van der Waals surface area contributed by atoms with Crippen LogP contribution in [0.5, 0.6) is 0 Å². The highest BCUT2D eigenvalue weighted by molar-refractivity contribution is 7.91. The van der Waals surface area contributed by atoms with Gasteiger partial charge >= 0.3 is 0 Å². The molecule has 1 N–H and O–H groups in total. The summed E-state index contributed by atoms with van der Waals surface area (Å²) in [6, 6.07) is 1.23. The van der Waals surface area contributed by atoms with Gasteiger partial charge in [-0.25, -0.2) is 8.42 Å². The van der Waals surface area contributed by atoms with Gasteiger partial charge in [0.15, 0.2) is 9.84 Å². The van der Waals surface area contributed by atoms with Crippen LogP contribution in [-0.4, -0.2) is 32.0 Å². The van der Waals surface area contributed by atoms with E-state index in [4.69, 9.17) is 0 Å². The minimum atomic E-state index is -2.72. The summed E-state index contributed by atoms with van der Waals surface area (Å²) in [5, 5.41) is 3.87. The lowest BCUT2D eigenvalue weighted by Gasteiger charge is -2.38. The average molecular weight is 314 g/mol. The summed E-state index contributed by atoms with van der Waals surface area (Å²) >= 11 is 0. The molecule has 5 atom stereocenters. The molecule has 1 heterocycles. The van der Waals surface area contributed by atoms with Crippen LogP contribution < -0.4 is 5.32 Å². The molecule has 21 heavy (non-hydrogen) atoms. The van der Waals surface area contributed by atoms with Gasteiger partial charge in [-0.15, -0.1) is 0 Å². The van der Waals surface area contributed by atoms with E-state index in [9.17, 15) is 8.42 Å². The van der Waals surface area contributed by atoms with Crippen LogP contribution in [0.1, 0.15) is 52.9 Å². The van der Waals surface area contributed by atoms with E-state index in [1.807, 2.05) is 0 Å². The maximum Gasteiger partial charge on any atom is 0.150 e. The Morgan fingerprint density at radius 1 is 0.952 bits per heavy atom. The molecular weight excluding hydrogens is 282 g/mol. The standard InChI is InChI=1S/C17H31NO2S/c1-11(2)17-5-4-15(6-12(17)3)18-16-7-13-9-21(19,20)10-14(13)8-16/h11-18H,4-10H2,1-3H3. The van der Waals surface area contributed by atoms with Gasteiger partial charge in [0.1, 0.15) is 0 Å². The topological polar surface area (TPSA) is 46.2 Å². The summed E-state index contributed by atoms with van der Waals surface area (Å²) in [5.74, 6) is 4.29. The predicted octanol–water partition coefficient (Wildman–Crippen LogP) is 2.86. The Morgan fingerprint density at radius 2 is 1.57 bits per heavy atom. The highest BCUT2D eigenvalue weighted by Gasteiger charge is 2.44. The van der Waals surface area contributed by atoms with Crippen LogP contribution in [0, 0.1) is 29.6 Å². The predicted molar refractivity (Wildman–Crippen MR) is 86.9 cm³/mol. The zero-order valence-electron chi connectivity index (χ0n) is 13.7. The fraction of sp³-hybridized carbons (Fsp3) is 1.00. The number of hydrogen-bond acceptors (Lipinski definition) is 3. The Hall–Kier alpha value is -0.0900. The van der Waals surface area contributed by atoms with Crippen molar-refractivity contribution in [2.45, 2.75) is 65.0 Å². The first-order chi connectivity index (χ1) is 9.84. The van der Waals surface area contributed by atoms with Gasteiger partial charge < -0.3 is 5.32 Å². The van der Waals surface area contributed by atoms with Crippen LogP contribution in [0.2, 0.25) is 0 Å². The van der Waals surface area contributed by atoms with Gasteiger partial charge in [0.2, 0.25) is 0 Å². The highest BCUT2D eigenvalue weighted by Crippen LogP contribution is 2.41. The molecule has 4 heteroatoms. The van der Waals surface area contributed by atoms with Crippen molar-refractivity contribution in [3.8, 4) is 0 Å². The summed E-state index contributed by atoms with van der Waals surface area (Å²) in [4.78, 5) is 0. The molecule has 0 bridgehead atoms. The molecule has 2 saturated carbocycles. The molecule has 1 aliphatic heterocycles. The van der Waals surface area contributed by atoms with Crippen molar-refractivity contribution in [1.82, 2.24) is 5.32 Å². The van der Waals surface area contributed by atoms with E-state index < -0.39 is 9.84 Å². The summed E-state index contributed by atoms with van der Waals surface area (Å²) < 4.78 is 23.3. The number of hydrogen-bond donors (Lipinski definition) is 1. The molecule has 0 aromatic carbocycles. The van der Waals surface area contributed by atoms with Crippen LogP contribution in [0.15, 0.2) is 0 Å². The largest absolute Gasteiger partial charge is 0.311 e. The molecule has 0 radical (unpaired) electrons. The van der Waals surface area contributed by atoms with Crippen molar-refractivity contribution < 1.29 is 8.42 Å². The van der Waals surface area contributed by atoms with Crippen molar-refractivity contribution in [1.29, 1.82) is 0 Å². The number of fused-ring (bicyclic) bond motifs is 1. The lowest BCUT2D eigenvalue weighted by atomic mass is 9.72. The van der Waals surface area contributed by atoms with Gasteiger partial charge in [0.25, 0.3) is 0 Å². The Kier molecular flexibility index (Phi) is 4.39. The van der Waals surface area contributed by atoms with Crippen LogP contribution in [-0.2, 0) is 9.84 Å². The van der Waals surface area contributed by atoms with Gasteiger partial charge in [-0.3, -0.25) is 0 Å². The molecule has 3 fully saturated rings. The zero-order valence-corrected chi connectivity index (χ0v) is 14.5. The molecular formula is C17H31NO2S. The molecule has 122 valence electrons. The Bertz CT molecular complexity index is 453. The number of nitrogens with one attached hydrogen (secondary N) is 1. The summed E-state index contributed by atoms with van der Waals surface area (Å²) in [5.41, 5.74) is 0. The second-order valence-electron chi connectivity index (χ2n) is 8.33. The molecule has 5 unspecified atom stereocenters. The van der Waals surface area contributed by atoms with Gasteiger partial charge in [-0.1, -0.05) is 20.8 Å². The second kappa shape index (κ2) is 5.84. The van der Waals surface area contributed by atoms with E-state index in [0.29, 0.717) is 35.4 Å². The van der Waals surface area contributed by atoms with Gasteiger partial charge in [0, 0.05) is 12.1 Å². The van der Waals surface area contributed by atoms with Gasteiger partial charge in [-0.2, -0.15) is 0 Å². The molecule has 0 amide bonds. The lowest BCUT2D eigenvalue weighted by molar-refractivity contribution is 0.158. The maximum absolute atomic E-state index is 11.7. The SMILES string of the molecule is CC(C)C1CCC(NC2CC3CS(=O)(=O)CC3C2)CC1C. The van der Waals surface area contributed by atoms with E-state index in [1.54, 1.807) is 0 Å². The second-order valence-corrected chi connectivity index (χ2v) is 10.5. The van der Waals surface area contributed by atoms with Crippen LogP contribution in [0.25, 0.3) is 0 Å². The normalized spacial score (nSPS) is 45.9. The van der Waals surface area contributed by atoms with E-state index in [-0.39, 0.29) is 0 Å². The molecule has 0 spiro atoms. The van der Waals surface area contributed by atoms with Gasteiger partial charge in [0.05, 0.1) is 11.5 Å². The molecule has 3 rings (SSSR count). The third-order valence-electron chi connectivity index (χ3n) is 6.34. The van der Waals surface area contributed by atoms with Crippen molar-refractivity contribution in [3.63, 3.8) is 0 Å². The van der Waals surface area contributed by atoms with Crippen molar-refractivity contribution >= 4 is 9.84 Å². The van der Waals surface area contributed by atoms with Crippen molar-refractivity contribution in [2.24, 2.45) is 29.6 Å². The monoisotopic (exact) mass is 313 g/mol. The average Bonchev–Trinajstić information content (AvgIpc) is 2.81. The fourth-order valence-corrected chi connectivity index (χ4v) is 7.63. The first-order valence-corrected chi connectivity index (χ1v) is 10.6. The fourth-order valence-electron chi connectivity index (χ4n) is 5.37. The third kappa shape index (κ3) is 3.47. The van der Waals surface area contributed by atoms with Crippen LogP contribution >= 0.6 is 0 Å². The maximum atomic E-state index is 11.7. The summed E-state index contributed by atoms with van der Waals surface area (Å²) in [6.45, 7) is 7.12. The quantitative estimate of drug-likeness (QED) is 0.871. The number of sulfone groups is 1. The van der Waals surface area contributed by atoms with E-state index in [2.05, 4.69) is 26.1 Å². The number of rotatable bonds is 3. The van der Waals surface area contributed by atoms with Crippen molar-refractivity contribution in [3.05, 3.63) is 0 Å². The lowest BCUT2D eigenvalue weighted by Crippen LogP contribution is -2.42. The Labute approximate surface area is 130 Å². The van der Waals surface area contributed by atoms with Crippen molar-refractivity contribution in [2.75, 3.05) is 11.5 Å². The third-order valence-corrected chi connectivity index (χ3v) is 8.21. The summed E-state index contributed by atoms with van der Waals surface area (Å²) in [7, 11) is -2.72. The Balaban J connectivity index is 1.49. The van der Waals surface area contributed by atoms with E-state index in [0.717, 1.165) is 30.6 Å². The molecule has 0 aromatic heterocycles. The van der Waals surface area contributed by atoms with Crippen LogP contribution in [0.4, 0.5) is 0 Å². The van der Waals surface area contributed by atoms with Crippen LogP contribution in [0.3, 0.4) is 0 Å². The minimum Gasteiger partial charge on any atom is -0.311 e. The Morgan fingerprint density at radius 3 is 2.10 bits per heavy atom. The van der Waals surface area contributed by atoms with E-state index in [1.165, 1.54) is 19.3 Å². The first kappa shape index (κ1) is 15.8. The molecule has 2 aliphatic carbocycles. The smallest absolute Gasteiger partial charge is 0.150 e. The highest BCUT2D eigenvalue weighted by atomic mass is 32.2. The molecule has 3 aliphatic rings. The zero-order chi connectivity index (χ0) is 15.2. The molecule has 0 aromatic rings. The molecule has 3 nitrogen and oxygen atoms in total. The molecule has 1 saturated heterocycles. The summed E-state index contributed by atoms with van der Waals surface area (Å²) in [6.07, 6.45) is 6.12.